The lowest BCUT2D eigenvalue weighted by molar-refractivity contribution is 0.715. The maximum Gasteiger partial charge on any atom is 0.143 e. The molecule has 4 nitrogen and oxygen atoms in total. The Kier molecular flexibility index (Phi) is 2.59. The Balaban J connectivity index is 2.17. The summed E-state index contributed by atoms with van der Waals surface area (Å²) in [5.74, 6) is 1.62. The monoisotopic (exact) mass is 230 g/mol. The van der Waals surface area contributed by atoms with Gasteiger partial charge in [-0.25, -0.2) is 9.97 Å². The van der Waals surface area contributed by atoms with E-state index in [-0.39, 0.29) is 0 Å². The molecule has 17 heavy (non-hydrogen) atoms. The van der Waals surface area contributed by atoms with Gasteiger partial charge < -0.3 is 5.73 Å². The first-order chi connectivity index (χ1) is 8.29. The van der Waals surface area contributed by atoms with Crippen molar-refractivity contribution in [3.05, 3.63) is 29.5 Å². The van der Waals surface area contributed by atoms with Crippen LogP contribution in [0, 0.1) is 6.92 Å². The normalized spacial score (nSPS) is 17.1. The van der Waals surface area contributed by atoms with Gasteiger partial charge in [0, 0.05) is 24.5 Å². The van der Waals surface area contributed by atoms with Crippen molar-refractivity contribution in [3.63, 3.8) is 0 Å². The Bertz CT molecular complexity index is 538. The average molecular weight is 230 g/mol. The Morgan fingerprint density at radius 2 is 2.18 bits per heavy atom. The van der Waals surface area contributed by atoms with E-state index in [1.807, 2.05) is 19.3 Å². The molecule has 0 unspecified atom stereocenters. The van der Waals surface area contributed by atoms with Crippen LogP contribution in [0.4, 0.5) is 0 Å². The van der Waals surface area contributed by atoms with E-state index in [1.54, 1.807) is 0 Å². The van der Waals surface area contributed by atoms with Crippen molar-refractivity contribution in [3.8, 4) is 0 Å². The molecular weight excluding hydrogens is 212 g/mol. The van der Waals surface area contributed by atoms with Gasteiger partial charge in [0.25, 0.3) is 0 Å². The summed E-state index contributed by atoms with van der Waals surface area (Å²) in [4.78, 5) is 9.12. The molecule has 0 atom stereocenters. The molecule has 0 bridgehead atoms. The van der Waals surface area contributed by atoms with Crippen LogP contribution in [-0.2, 0) is 6.54 Å². The predicted molar refractivity (Wildman–Crippen MR) is 66.8 cm³/mol. The summed E-state index contributed by atoms with van der Waals surface area (Å²) >= 11 is 0. The van der Waals surface area contributed by atoms with Gasteiger partial charge in [0.05, 0.1) is 5.69 Å². The second kappa shape index (κ2) is 4.11. The van der Waals surface area contributed by atoms with Crippen LogP contribution in [0.5, 0.6) is 0 Å². The number of nitrogens with zero attached hydrogens (tertiary/aromatic N) is 3. The number of rotatable bonds is 2. The molecule has 1 aliphatic rings. The molecule has 3 rings (SSSR count). The van der Waals surface area contributed by atoms with Crippen molar-refractivity contribution in [2.45, 2.75) is 45.1 Å². The van der Waals surface area contributed by atoms with E-state index in [9.17, 15) is 0 Å². The first kappa shape index (κ1) is 10.7. The average Bonchev–Trinajstić information content (AvgIpc) is 2.98. The fraction of sp³-hybridized carbons (Fsp3) is 0.538. The Morgan fingerprint density at radius 3 is 2.88 bits per heavy atom. The first-order valence-corrected chi connectivity index (χ1v) is 6.33. The smallest absolute Gasteiger partial charge is 0.143 e. The van der Waals surface area contributed by atoms with E-state index < -0.39 is 0 Å². The molecule has 1 fully saturated rings. The van der Waals surface area contributed by atoms with Crippen LogP contribution in [-0.4, -0.2) is 14.4 Å². The molecule has 4 heteroatoms. The molecule has 0 aliphatic heterocycles. The lowest BCUT2D eigenvalue weighted by Gasteiger charge is -2.11. The van der Waals surface area contributed by atoms with Crippen LogP contribution in [0.15, 0.2) is 12.4 Å². The van der Waals surface area contributed by atoms with E-state index in [4.69, 9.17) is 5.73 Å². The largest absolute Gasteiger partial charge is 0.325 e. The first-order valence-electron chi connectivity index (χ1n) is 6.33. The fourth-order valence-corrected chi connectivity index (χ4v) is 2.79. The highest BCUT2D eigenvalue weighted by molar-refractivity contribution is 5.50. The van der Waals surface area contributed by atoms with E-state index in [0.29, 0.717) is 12.5 Å². The highest BCUT2D eigenvalue weighted by atomic mass is 15.1. The van der Waals surface area contributed by atoms with Crippen molar-refractivity contribution in [2.24, 2.45) is 5.73 Å². The second-order valence-corrected chi connectivity index (χ2v) is 4.87. The zero-order valence-corrected chi connectivity index (χ0v) is 10.2. The lowest BCUT2D eigenvalue weighted by Crippen LogP contribution is -2.02. The molecule has 1 aliphatic carbocycles. The van der Waals surface area contributed by atoms with Crippen molar-refractivity contribution < 1.29 is 0 Å². The third kappa shape index (κ3) is 1.72. The van der Waals surface area contributed by atoms with Gasteiger partial charge in [-0.05, 0) is 25.7 Å². The van der Waals surface area contributed by atoms with Crippen molar-refractivity contribution in [1.29, 1.82) is 0 Å². The van der Waals surface area contributed by atoms with Gasteiger partial charge in [-0.15, -0.1) is 0 Å². The summed E-state index contributed by atoms with van der Waals surface area (Å²) in [6, 6.07) is 0. The van der Waals surface area contributed by atoms with E-state index in [2.05, 4.69) is 14.4 Å². The Labute approximate surface area is 101 Å². The number of hydrogen-bond acceptors (Lipinski definition) is 3. The van der Waals surface area contributed by atoms with Crippen LogP contribution >= 0.6 is 0 Å². The molecule has 0 amide bonds. The zero-order valence-electron chi connectivity index (χ0n) is 10.2. The topological polar surface area (TPSA) is 56.2 Å². The maximum absolute atomic E-state index is 5.67. The number of nitrogens with two attached hydrogens (primary N) is 1. The number of fused-ring (bicyclic) bond motifs is 1. The molecule has 0 saturated heterocycles. The summed E-state index contributed by atoms with van der Waals surface area (Å²) in [5, 5.41) is 0. The minimum Gasteiger partial charge on any atom is -0.325 e. The summed E-state index contributed by atoms with van der Waals surface area (Å²) < 4.78 is 2.08. The standard InChI is InChI=1S/C13H18N4/c1-9-15-7-12(10-4-2-3-5-10)13-16-11(6-14)8-17(9)13/h7-8,10H,2-6,14H2,1H3. The van der Waals surface area contributed by atoms with Gasteiger partial charge in [-0.2, -0.15) is 0 Å². The van der Waals surface area contributed by atoms with E-state index >= 15 is 0 Å². The molecule has 0 spiro atoms. The lowest BCUT2D eigenvalue weighted by atomic mass is 10.0. The quantitative estimate of drug-likeness (QED) is 0.860. The van der Waals surface area contributed by atoms with E-state index in [0.717, 1.165) is 17.2 Å². The number of hydrogen-bond donors (Lipinski definition) is 1. The molecular formula is C13H18N4. The van der Waals surface area contributed by atoms with Gasteiger partial charge in [-0.1, -0.05) is 12.8 Å². The molecule has 90 valence electrons. The van der Waals surface area contributed by atoms with Gasteiger partial charge in [0.15, 0.2) is 0 Å². The molecule has 1 saturated carbocycles. The van der Waals surface area contributed by atoms with Crippen molar-refractivity contribution in [1.82, 2.24) is 14.4 Å². The van der Waals surface area contributed by atoms with E-state index in [1.165, 1.54) is 31.2 Å². The number of imidazole rings is 1. The van der Waals surface area contributed by atoms with Gasteiger partial charge in [-0.3, -0.25) is 4.40 Å². The fourth-order valence-electron chi connectivity index (χ4n) is 2.79. The van der Waals surface area contributed by atoms with Gasteiger partial charge in [0.2, 0.25) is 0 Å². The summed E-state index contributed by atoms with van der Waals surface area (Å²) in [6.07, 6.45) is 9.21. The molecule has 2 aromatic rings. The van der Waals surface area contributed by atoms with Gasteiger partial charge >= 0.3 is 0 Å². The number of aromatic nitrogens is 3. The third-order valence-corrected chi connectivity index (χ3v) is 3.76. The zero-order chi connectivity index (χ0) is 11.8. The van der Waals surface area contributed by atoms with Crippen LogP contribution in [0.25, 0.3) is 5.65 Å². The van der Waals surface area contributed by atoms with Crippen LogP contribution in [0.3, 0.4) is 0 Å². The van der Waals surface area contributed by atoms with Crippen molar-refractivity contribution in [2.75, 3.05) is 0 Å². The van der Waals surface area contributed by atoms with Crippen LogP contribution in [0.1, 0.15) is 48.7 Å². The highest BCUT2D eigenvalue weighted by Gasteiger charge is 2.21. The summed E-state index contributed by atoms with van der Waals surface area (Å²) in [6.45, 7) is 2.50. The minimum absolute atomic E-state index is 0.491. The molecule has 0 aromatic carbocycles. The molecule has 2 heterocycles. The Morgan fingerprint density at radius 1 is 1.41 bits per heavy atom. The second-order valence-electron chi connectivity index (χ2n) is 4.87. The molecule has 2 aromatic heterocycles. The van der Waals surface area contributed by atoms with Crippen molar-refractivity contribution >= 4 is 5.65 Å². The number of aryl methyl sites for hydroxylation is 1. The SMILES string of the molecule is Cc1ncc(C2CCCC2)c2nc(CN)cn12. The van der Waals surface area contributed by atoms with Gasteiger partial charge in [0.1, 0.15) is 11.5 Å². The predicted octanol–water partition coefficient (Wildman–Crippen LogP) is 2.15. The summed E-state index contributed by atoms with van der Waals surface area (Å²) in [5.41, 5.74) is 8.97. The Hall–Kier alpha value is -1.42. The summed E-state index contributed by atoms with van der Waals surface area (Å²) in [7, 11) is 0. The third-order valence-electron chi connectivity index (χ3n) is 3.76. The van der Waals surface area contributed by atoms with Crippen LogP contribution in [0.2, 0.25) is 0 Å². The van der Waals surface area contributed by atoms with Crippen LogP contribution < -0.4 is 5.73 Å². The minimum atomic E-state index is 0.491. The molecule has 0 radical (unpaired) electrons. The molecule has 2 N–H and O–H groups in total. The highest BCUT2D eigenvalue weighted by Crippen LogP contribution is 2.35. The maximum atomic E-state index is 5.67.